The lowest BCUT2D eigenvalue weighted by Crippen LogP contribution is -2.33. The summed E-state index contributed by atoms with van der Waals surface area (Å²) in [6.45, 7) is 7.54. The molecule has 34 heavy (non-hydrogen) atoms. The van der Waals surface area contributed by atoms with E-state index >= 15 is 0 Å². The summed E-state index contributed by atoms with van der Waals surface area (Å²) in [5.41, 5.74) is 2.81. The SMILES string of the molecule is CCOC(=O)C1=C(C)NC(C)=C(C(=O)OCC)C1C/C=C/c1ccc(-c2cc(Cl)ccc2Cl)o1. The van der Waals surface area contributed by atoms with E-state index in [1.165, 1.54) is 0 Å². The van der Waals surface area contributed by atoms with Crippen molar-refractivity contribution in [3.63, 3.8) is 0 Å². The van der Waals surface area contributed by atoms with Gasteiger partial charge in [-0.25, -0.2) is 9.59 Å². The normalized spacial score (nSPS) is 14.5. The summed E-state index contributed by atoms with van der Waals surface area (Å²) >= 11 is 12.4. The van der Waals surface area contributed by atoms with Crippen LogP contribution in [0.25, 0.3) is 17.4 Å². The Hall–Kier alpha value is -2.96. The van der Waals surface area contributed by atoms with Crippen LogP contribution >= 0.6 is 23.2 Å². The van der Waals surface area contributed by atoms with Gasteiger partial charge in [-0.05, 0) is 70.5 Å². The molecule has 0 spiro atoms. The topological polar surface area (TPSA) is 77.8 Å². The van der Waals surface area contributed by atoms with Crippen LogP contribution in [0.15, 0.2) is 63.4 Å². The molecule has 2 aromatic rings. The van der Waals surface area contributed by atoms with Crippen LogP contribution in [0.5, 0.6) is 0 Å². The Labute approximate surface area is 209 Å². The molecule has 3 rings (SSSR count). The third kappa shape index (κ3) is 5.75. The van der Waals surface area contributed by atoms with Crippen LogP contribution in [-0.2, 0) is 19.1 Å². The van der Waals surface area contributed by atoms with E-state index < -0.39 is 17.9 Å². The molecule has 6 nitrogen and oxygen atoms in total. The molecule has 0 radical (unpaired) electrons. The second-order valence-corrected chi connectivity index (χ2v) is 8.50. The lowest BCUT2D eigenvalue weighted by Gasteiger charge is -2.29. The van der Waals surface area contributed by atoms with Gasteiger partial charge in [0.05, 0.1) is 29.4 Å². The molecule has 1 aliphatic heterocycles. The molecule has 1 aromatic heterocycles. The van der Waals surface area contributed by atoms with Crippen molar-refractivity contribution < 1.29 is 23.5 Å². The zero-order chi connectivity index (χ0) is 24.8. The Morgan fingerprint density at radius 2 is 1.62 bits per heavy atom. The summed E-state index contributed by atoms with van der Waals surface area (Å²) in [5.74, 6) is -0.267. The van der Waals surface area contributed by atoms with E-state index in [4.69, 9.17) is 37.1 Å². The number of hydrogen-bond acceptors (Lipinski definition) is 6. The van der Waals surface area contributed by atoms with E-state index in [0.717, 1.165) is 0 Å². The van der Waals surface area contributed by atoms with Crippen molar-refractivity contribution in [2.45, 2.75) is 34.1 Å². The molecule has 0 saturated heterocycles. The van der Waals surface area contributed by atoms with Crippen molar-refractivity contribution in [3.8, 4) is 11.3 Å². The van der Waals surface area contributed by atoms with E-state index in [2.05, 4.69) is 5.32 Å². The lowest BCUT2D eigenvalue weighted by molar-refractivity contribution is -0.140. The number of ether oxygens (including phenoxy) is 2. The summed E-state index contributed by atoms with van der Waals surface area (Å²) in [4.78, 5) is 25.5. The Bertz CT molecular complexity index is 1140. The van der Waals surface area contributed by atoms with Gasteiger partial charge >= 0.3 is 11.9 Å². The molecule has 180 valence electrons. The monoisotopic (exact) mass is 503 g/mol. The van der Waals surface area contributed by atoms with Gasteiger partial charge in [-0.2, -0.15) is 0 Å². The van der Waals surface area contributed by atoms with Gasteiger partial charge in [0, 0.05) is 27.9 Å². The fourth-order valence-corrected chi connectivity index (χ4v) is 4.30. The lowest BCUT2D eigenvalue weighted by atomic mass is 9.83. The number of halogens is 2. The zero-order valence-electron chi connectivity index (χ0n) is 19.5. The predicted octanol–water partition coefficient (Wildman–Crippen LogP) is 6.55. The smallest absolute Gasteiger partial charge is 0.336 e. The third-order valence-corrected chi connectivity index (χ3v) is 5.91. The summed E-state index contributed by atoms with van der Waals surface area (Å²) in [5, 5.41) is 4.21. The van der Waals surface area contributed by atoms with E-state index in [0.29, 0.717) is 56.1 Å². The number of dihydropyridines is 1. The highest BCUT2D eigenvalue weighted by Crippen LogP contribution is 2.35. The fraction of sp³-hybridized carbons (Fsp3) is 0.308. The second-order valence-electron chi connectivity index (χ2n) is 7.66. The molecule has 1 N–H and O–H groups in total. The molecule has 1 aliphatic rings. The molecular formula is C26H27Cl2NO5. The molecule has 0 unspecified atom stereocenters. The minimum absolute atomic E-state index is 0.233. The summed E-state index contributed by atoms with van der Waals surface area (Å²) in [6.07, 6.45) is 4.02. The number of hydrogen-bond donors (Lipinski definition) is 1. The number of benzene rings is 1. The molecule has 0 bridgehead atoms. The molecule has 0 atom stereocenters. The average Bonchev–Trinajstić information content (AvgIpc) is 3.24. The van der Waals surface area contributed by atoms with Gasteiger partial charge in [0.1, 0.15) is 11.5 Å². The van der Waals surface area contributed by atoms with Crippen LogP contribution in [0.1, 0.15) is 39.9 Å². The minimum atomic E-state index is -0.521. The average molecular weight is 504 g/mol. The molecule has 1 aromatic carbocycles. The number of esters is 2. The Kier molecular flexibility index (Phi) is 8.64. The van der Waals surface area contributed by atoms with Gasteiger partial charge in [-0.15, -0.1) is 0 Å². The molecule has 2 heterocycles. The number of carbonyl (C=O) groups excluding carboxylic acids is 2. The van der Waals surface area contributed by atoms with E-state index in [-0.39, 0.29) is 13.2 Å². The summed E-state index contributed by atoms with van der Waals surface area (Å²) < 4.78 is 16.4. The van der Waals surface area contributed by atoms with Crippen molar-refractivity contribution in [2.24, 2.45) is 5.92 Å². The molecule has 0 fully saturated rings. The van der Waals surface area contributed by atoms with E-state index in [1.807, 2.05) is 18.2 Å². The second kappa shape index (κ2) is 11.4. The first-order valence-corrected chi connectivity index (χ1v) is 11.8. The Morgan fingerprint density at radius 3 is 2.21 bits per heavy atom. The third-order valence-electron chi connectivity index (χ3n) is 5.35. The maximum absolute atomic E-state index is 12.7. The standard InChI is InChI=1S/C26H27Cl2NO5/c1-5-32-25(30)23-15(3)29-16(4)24(26(31)33-6-2)19(23)9-7-8-18-11-13-22(34-18)20-14-17(27)10-12-21(20)28/h7-8,10-14,19,29H,5-6,9H2,1-4H3/b8-7+. The van der Waals surface area contributed by atoms with Crippen LogP contribution in [0.4, 0.5) is 0 Å². The van der Waals surface area contributed by atoms with Crippen molar-refractivity contribution in [1.29, 1.82) is 0 Å². The number of nitrogens with one attached hydrogen (secondary N) is 1. The van der Waals surface area contributed by atoms with Crippen molar-refractivity contribution >= 4 is 41.2 Å². The number of carbonyl (C=O) groups is 2. The van der Waals surface area contributed by atoms with Gasteiger partial charge in [-0.1, -0.05) is 29.3 Å². The zero-order valence-corrected chi connectivity index (χ0v) is 21.0. The summed E-state index contributed by atoms with van der Waals surface area (Å²) in [7, 11) is 0. The maximum atomic E-state index is 12.7. The van der Waals surface area contributed by atoms with Crippen LogP contribution in [0.3, 0.4) is 0 Å². The Morgan fingerprint density at radius 1 is 1.00 bits per heavy atom. The highest BCUT2D eigenvalue weighted by atomic mass is 35.5. The molecular weight excluding hydrogens is 477 g/mol. The van der Waals surface area contributed by atoms with Gasteiger partial charge in [0.25, 0.3) is 0 Å². The first kappa shape index (κ1) is 25.7. The van der Waals surface area contributed by atoms with Crippen LogP contribution in [0, 0.1) is 5.92 Å². The van der Waals surface area contributed by atoms with Gasteiger partial charge in [-0.3, -0.25) is 0 Å². The predicted molar refractivity (Wildman–Crippen MR) is 133 cm³/mol. The summed E-state index contributed by atoms with van der Waals surface area (Å²) in [6, 6.07) is 8.79. The van der Waals surface area contributed by atoms with E-state index in [1.54, 1.807) is 52.0 Å². The van der Waals surface area contributed by atoms with Gasteiger partial charge in [0.2, 0.25) is 0 Å². The quantitative estimate of drug-likeness (QED) is 0.411. The maximum Gasteiger partial charge on any atom is 0.336 e. The van der Waals surface area contributed by atoms with Gasteiger partial charge < -0.3 is 19.2 Å². The molecule has 8 heteroatoms. The van der Waals surface area contributed by atoms with Crippen LogP contribution in [-0.4, -0.2) is 25.2 Å². The van der Waals surface area contributed by atoms with Crippen LogP contribution < -0.4 is 5.32 Å². The molecule has 0 aliphatic carbocycles. The molecule has 0 amide bonds. The highest BCUT2D eigenvalue weighted by Gasteiger charge is 2.36. The number of furan rings is 1. The van der Waals surface area contributed by atoms with Gasteiger partial charge in [0.15, 0.2) is 0 Å². The number of rotatable bonds is 8. The fourth-order valence-electron chi connectivity index (χ4n) is 3.92. The van der Waals surface area contributed by atoms with Crippen molar-refractivity contribution in [3.05, 3.63) is 74.8 Å². The van der Waals surface area contributed by atoms with E-state index in [9.17, 15) is 9.59 Å². The van der Waals surface area contributed by atoms with Crippen molar-refractivity contribution in [2.75, 3.05) is 13.2 Å². The first-order chi connectivity index (χ1) is 16.3. The highest BCUT2D eigenvalue weighted by molar-refractivity contribution is 6.35. The molecule has 0 saturated carbocycles. The van der Waals surface area contributed by atoms with Crippen LogP contribution in [0.2, 0.25) is 10.0 Å². The van der Waals surface area contributed by atoms with Crippen molar-refractivity contribution in [1.82, 2.24) is 5.32 Å². The number of allylic oxidation sites excluding steroid dienone is 3. The first-order valence-electron chi connectivity index (χ1n) is 11.0. The largest absolute Gasteiger partial charge is 0.463 e. The Balaban J connectivity index is 1.88. The minimum Gasteiger partial charge on any atom is -0.463 e.